The smallest absolute Gasteiger partial charge is 0.0931 e. The molecule has 19 heavy (non-hydrogen) atoms. The minimum Gasteiger partial charge on any atom is -0.329 e. The maximum Gasteiger partial charge on any atom is 0.0931 e. The SMILES string of the molecule is CCC1CCCC(CN)(N(C)Cc2ccc(Cl)s2)C1. The Hall–Kier alpha value is -0.0900. The number of nitrogens with zero attached hydrogens (tertiary/aromatic N) is 1. The van der Waals surface area contributed by atoms with Crippen LogP contribution in [0, 0.1) is 5.92 Å². The van der Waals surface area contributed by atoms with Crippen LogP contribution in [-0.2, 0) is 6.54 Å². The molecule has 2 nitrogen and oxygen atoms in total. The summed E-state index contributed by atoms with van der Waals surface area (Å²) in [5, 5.41) is 0. The topological polar surface area (TPSA) is 29.3 Å². The minimum atomic E-state index is 0.190. The van der Waals surface area contributed by atoms with Crippen molar-refractivity contribution >= 4 is 22.9 Å². The van der Waals surface area contributed by atoms with Crippen molar-refractivity contribution in [2.45, 2.75) is 51.1 Å². The highest BCUT2D eigenvalue weighted by molar-refractivity contribution is 7.16. The van der Waals surface area contributed by atoms with Crippen molar-refractivity contribution < 1.29 is 0 Å². The monoisotopic (exact) mass is 300 g/mol. The van der Waals surface area contributed by atoms with Crippen molar-refractivity contribution in [1.29, 1.82) is 0 Å². The van der Waals surface area contributed by atoms with Gasteiger partial charge in [0.2, 0.25) is 0 Å². The van der Waals surface area contributed by atoms with Crippen LogP contribution in [-0.4, -0.2) is 24.0 Å². The molecule has 1 aromatic heterocycles. The van der Waals surface area contributed by atoms with Gasteiger partial charge in [0.1, 0.15) is 0 Å². The molecule has 1 aliphatic carbocycles. The zero-order chi connectivity index (χ0) is 13.9. The van der Waals surface area contributed by atoms with Gasteiger partial charge in [0.25, 0.3) is 0 Å². The van der Waals surface area contributed by atoms with E-state index in [0.717, 1.165) is 23.3 Å². The zero-order valence-corrected chi connectivity index (χ0v) is 13.6. The van der Waals surface area contributed by atoms with Crippen molar-refractivity contribution in [3.05, 3.63) is 21.3 Å². The number of nitrogens with two attached hydrogens (primary N) is 1. The highest BCUT2D eigenvalue weighted by Crippen LogP contribution is 2.38. The Kier molecular flexibility index (Phi) is 5.29. The fraction of sp³-hybridized carbons (Fsp3) is 0.733. The van der Waals surface area contributed by atoms with Crippen LogP contribution in [0.2, 0.25) is 4.34 Å². The Labute approximate surface area is 125 Å². The third-order valence-corrected chi connectivity index (χ3v) is 5.93. The fourth-order valence-corrected chi connectivity index (χ4v) is 4.48. The molecule has 1 aliphatic rings. The van der Waals surface area contributed by atoms with Crippen LogP contribution in [0.3, 0.4) is 0 Å². The summed E-state index contributed by atoms with van der Waals surface area (Å²) in [6, 6.07) is 4.12. The summed E-state index contributed by atoms with van der Waals surface area (Å²) in [6.45, 7) is 4.03. The van der Waals surface area contributed by atoms with E-state index in [4.69, 9.17) is 17.3 Å². The highest BCUT2D eigenvalue weighted by atomic mass is 35.5. The number of rotatable bonds is 5. The second kappa shape index (κ2) is 6.57. The van der Waals surface area contributed by atoms with E-state index in [9.17, 15) is 0 Å². The van der Waals surface area contributed by atoms with E-state index in [1.165, 1.54) is 37.0 Å². The molecule has 108 valence electrons. The quantitative estimate of drug-likeness (QED) is 0.886. The van der Waals surface area contributed by atoms with E-state index in [0.29, 0.717) is 0 Å². The first-order valence-electron chi connectivity index (χ1n) is 7.25. The summed E-state index contributed by atoms with van der Waals surface area (Å²) in [6.07, 6.45) is 6.44. The number of hydrogen-bond acceptors (Lipinski definition) is 3. The molecular formula is C15H25ClN2S. The van der Waals surface area contributed by atoms with Gasteiger partial charge in [0.05, 0.1) is 4.34 Å². The van der Waals surface area contributed by atoms with Gasteiger partial charge in [0, 0.05) is 23.5 Å². The summed E-state index contributed by atoms with van der Waals surface area (Å²) in [5.74, 6) is 0.840. The molecule has 0 saturated heterocycles. The Morgan fingerprint density at radius 1 is 1.53 bits per heavy atom. The summed E-state index contributed by atoms with van der Waals surface area (Å²) in [7, 11) is 2.22. The molecule has 2 atom stereocenters. The first-order valence-corrected chi connectivity index (χ1v) is 8.44. The zero-order valence-electron chi connectivity index (χ0n) is 12.0. The van der Waals surface area contributed by atoms with Crippen molar-refractivity contribution in [3.63, 3.8) is 0 Å². The molecule has 1 fully saturated rings. The first kappa shape index (κ1) is 15.3. The fourth-order valence-electron chi connectivity index (χ4n) is 3.34. The molecule has 0 aliphatic heterocycles. The van der Waals surface area contributed by atoms with Crippen LogP contribution in [0.25, 0.3) is 0 Å². The number of hydrogen-bond donors (Lipinski definition) is 1. The normalized spacial score (nSPS) is 27.9. The number of halogens is 1. The van der Waals surface area contributed by atoms with Crippen molar-refractivity contribution in [2.24, 2.45) is 11.7 Å². The number of thiophene rings is 1. The molecule has 0 aromatic carbocycles. The van der Waals surface area contributed by atoms with Gasteiger partial charge in [-0.2, -0.15) is 0 Å². The second-order valence-electron chi connectivity index (χ2n) is 5.86. The summed E-state index contributed by atoms with van der Waals surface area (Å²) in [5.41, 5.74) is 6.34. The van der Waals surface area contributed by atoms with Crippen LogP contribution in [0.5, 0.6) is 0 Å². The van der Waals surface area contributed by atoms with E-state index in [2.05, 4.69) is 24.9 Å². The Bertz CT molecular complexity index is 407. The third kappa shape index (κ3) is 3.52. The molecular weight excluding hydrogens is 276 g/mol. The van der Waals surface area contributed by atoms with Gasteiger partial charge in [-0.25, -0.2) is 0 Å². The molecule has 1 saturated carbocycles. The lowest BCUT2D eigenvalue weighted by Gasteiger charge is -2.46. The van der Waals surface area contributed by atoms with E-state index < -0.39 is 0 Å². The highest BCUT2D eigenvalue weighted by Gasteiger charge is 2.38. The van der Waals surface area contributed by atoms with E-state index >= 15 is 0 Å². The van der Waals surface area contributed by atoms with Crippen LogP contribution in [0.4, 0.5) is 0 Å². The molecule has 4 heteroatoms. The van der Waals surface area contributed by atoms with Gasteiger partial charge in [0.15, 0.2) is 0 Å². The lowest BCUT2D eigenvalue weighted by atomic mass is 9.74. The Morgan fingerprint density at radius 3 is 2.89 bits per heavy atom. The summed E-state index contributed by atoms with van der Waals surface area (Å²) < 4.78 is 0.875. The minimum absolute atomic E-state index is 0.190. The predicted molar refractivity (Wildman–Crippen MR) is 84.8 cm³/mol. The van der Waals surface area contributed by atoms with Crippen molar-refractivity contribution in [2.75, 3.05) is 13.6 Å². The van der Waals surface area contributed by atoms with E-state index in [1.54, 1.807) is 11.3 Å². The molecule has 0 radical (unpaired) electrons. The molecule has 2 unspecified atom stereocenters. The lowest BCUT2D eigenvalue weighted by molar-refractivity contribution is 0.0511. The van der Waals surface area contributed by atoms with Crippen molar-refractivity contribution in [3.8, 4) is 0 Å². The second-order valence-corrected chi connectivity index (χ2v) is 7.66. The van der Waals surface area contributed by atoms with Gasteiger partial charge in [-0.1, -0.05) is 37.8 Å². The standard InChI is InChI=1S/C15H25ClN2S/c1-3-12-5-4-8-15(9-12,11-17)18(2)10-13-6-7-14(16)19-13/h6-7,12H,3-5,8-11,17H2,1-2H3. The average molecular weight is 301 g/mol. The maximum atomic E-state index is 6.15. The third-order valence-electron chi connectivity index (χ3n) is 4.71. The van der Waals surface area contributed by atoms with Crippen LogP contribution in [0.15, 0.2) is 12.1 Å². The Morgan fingerprint density at radius 2 is 2.32 bits per heavy atom. The van der Waals surface area contributed by atoms with Gasteiger partial charge in [-0.15, -0.1) is 11.3 Å². The molecule has 1 heterocycles. The summed E-state index contributed by atoms with van der Waals surface area (Å²) >= 11 is 7.70. The molecule has 2 N–H and O–H groups in total. The number of likely N-dealkylation sites (N-methyl/N-ethyl adjacent to an activating group) is 1. The molecule has 0 amide bonds. The van der Waals surface area contributed by atoms with Gasteiger partial charge in [-0.3, -0.25) is 4.90 Å². The molecule has 0 spiro atoms. The van der Waals surface area contributed by atoms with Gasteiger partial charge in [-0.05, 0) is 37.9 Å². The van der Waals surface area contributed by atoms with Crippen LogP contribution in [0.1, 0.15) is 43.9 Å². The van der Waals surface area contributed by atoms with Crippen LogP contribution >= 0.6 is 22.9 Å². The van der Waals surface area contributed by atoms with Gasteiger partial charge >= 0.3 is 0 Å². The molecule has 2 rings (SSSR count). The van der Waals surface area contributed by atoms with E-state index in [1.807, 2.05) is 6.07 Å². The summed E-state index contributed by atoms with van der Waals surface area (Å²) in [4.78, 5) is 3.80. The maximum absolute atomic E-state index is 6.15. The van der Waals surface area contributed by atoms with E-state index in [-0.39, 0.29) is 5.54 Å². The first-order chi connectivity index (χ1) is 9.09. The Balaban J connectivity index is 2.07. The largest absolute Gasteiger partial charge is 0.329 e. The van der Waals surface area contributed by atoms with Crippen LogP contribution < -0.4 is 5.73 Å². The predicted octanol–water partition coefficient (Wildman–Crippen LogP) is 4.13. The molecule has 1 aromatic rings. The van der Waals surface area contributed by atoms with Gasteiger partial charge < -0.3 is 5.73 Å². The average Bonchev–Trinajstić information content (AvgIpc) is 2.84. The lowest BCUT2D eigenvalue weighted by Crippen LogP contribution is -2.54. The molecule has 0 bridgehead atoms. The van der Waals surface area contributed by atoms with Crippen molar-refractivity contribution in [1.82, 2.24) is 4.90 Å².